The number of nitrogens with two attached hydrogens (primary N) is 1. The molecule has 0 bridgehead atoms. The third kappa shape index (κ3) is 3.25. The molecule has 20 heavy (non-hydrogen) atoms. The Morgan fingerprint density at radius 1 is 1.55 bits per heavy atom. The fourth-order valence-electron chi connectivity index (χ4n) is 2.57. The SMILES string of the molecule is CC1CC(CN)CN1C(=O)c1cccc(OC(F)F)c1. The van der Waals surface area contributed by atoms with Gasteiger partial charge in [0.25, 0.3) is 5.91 Å². The predicted octanol–water partition coefficient (Wildman–Crippen LogP) is 2.10. The van der Waals surface area contributed by atoms with Crippen LogP contribution in [-0.2, 0) is 0 Å². The topological polar surface area (TPSA) is 55.6 Å². The molecule has 0 spiro atoms. The van der Waals surface area contributed by atoms with Crippen LogP contribution in [0.3, 0.4) is 0 Å². The molecular weight excluding hydrogens is 266 g/mol. The summed E-state index contributed by atoms with van der Waals surface area (Å²) in [5.41, 5.74) is 5.99. The van der Waals surface area contributed by atoms with Crippen molar-refractivity contribution in [3.05, 3.63) is 29.8 Å². The second-order valence-corrected chi connectivity index (χ2v) is 5.05. The molecule has 2 N–H and O–H groups in total. The van der Waals surface area contributed by atoms with Crippen LogP contribution < -0.4 is 10.5 Å². The normalized spacial score (nSPS) is 22.4. The predicted molar refractivity (Wildman–Crippen MR) is 70.7 cm³/mol. The van der Waals surface area contributed by atoms with Crippen LogP contribution >= 0.6 is 0 Å². The molecule has 1 aromatic rings. The van der Waals surface area contributed by atoms with Gasteiger partial charge in [-0.3, -0.25) is 4.79 Å². The largest absolute Gasteiger partial charge is 0.435 e. The fraction of sp³-hybridized carbons (Fsp3) is 0.500. The van der Waals surface area contributed by atoms with Crippen molar-refractivity contribution < 1.29 is 18.3 Å². The van der Waals surface area contributed by atoms with E-state index in [2.05, 4.69) is 4.74 Å². The molecule has 1 saturated heterocycles. The zero-order valence-corrected chi connectivity index (χ0v) is 11.3. The highest BCUT2D eigenvalue weighted by Gasteiger charge is 2.32. The van der Waals surface area contributed by atoms with Gasteiger partial charge in [0.2, 0.25) is 0 Å². The minimum Gasteiger partial charge on any atom is -0.435 e. The van der Waals surface area contributed by atoms with Gasteiger partial charge in [0.1, 0.15) is 5.75 Å². The van der Waals surface area contributed by atoms with Crippen LogP contribution in [0.5, 0.6) is 5.75 Å². The summed E-state index contributed by atoms with van der Waals surface area (Å²) in [6, 6.07) is 5.99. The first-order valence-corrected chi connectivity index (χ1v) is 6.57. The zero-order chi connectivity index (χ0) is 14.7. The third-order valence-electron chi connectivity index (χ3n) is 3.56. The summed E-state index contributed by atoms with van der Waals surface area (Å²) in [5.74, 6) is 0.121. The first-order chi connectivity index (χ1) is 9.51. The molecule has 4 nitrogen and oxygen atoms in total. The number of ether oxygens (including phenoxy) is 1. The minimum absolute atomic E-state index is 0.00641. The van der Waals surface area contributed by atoms with Gasteiger partial charge in [-0.15, -0.1) is 0 Å². The molecule has 0 radical (unpaired) electrons. The van der Waals surface area contributed by atoms with Gasteiger partial charge in [-0.05, 0) is 44.0 Å². The van der Waals surface area contributed by atoms with Crippen molar-refractivity contribution in [3.8, 4) is 5.75 Å². The lowest BCUT2D eigenvalue weighted by Crippen LogP contribution is -2.34. The number of carbonyl (C=O) groups is 1. The lowest BCUT2D eigenvalue weighted by Gasteiger charge is -2.21. The van der Waals surface area contributed by atoms with E-state index in [0.29, 0.717) is 24.6 Å². The Hall–Kier alpha value is -1.69. The van der Waals surface area contributed by atoms with Crippen molar-refractivity contribution >= 4 is 5.91 Å². The van der Waals surface area contributed by atoms with E-state index in [-0.39, 0.29) is 17.7 Å². The highest BCUT2D eigenvalue weighted by Crippen LogP contribution is 2.25. The lowest BCUT2D eigenvalue weighted by molar-refractivity contribution is -0.0499. The number of alkyl halides is 2. The third-order valence-corrected chi connectivity index (χ3v) is 3.56. The smallest absolute Gasteiger partial charge is 0.387 e. The molecule has 1 heterocycles. The van der Waals surface area contributed by atoms with Gasteiger partial charge in [-0.1, -0.05) is 6.07 Å². The lowest BCUT2D eigenvalue weighted by atomic mass is 10.1. The van der Waals surface area contributed by atoms with Gasteiger partial charge < -0.3 is 15.4 Å². The number of hydrogen-bond donors (Lipinski definition) is 1. The van der Waals surface area contributed by atoms with Crippen molar-refractivity contribution in [2.75, 3.05) is 13.1 Å². The molecule has 1 aromatic carbocycles. The van der Waals surface area contributed by atoms with Crippen molar-refractivity contribution in [1.82, 2.24) is 4.90 Å². The van der Waals surface area contributed by atoms with Crippen molar-refractivity contribution in [1.29, 1.82) is 0 Å². The zero-order valence-electron chi connectivity index (χ0n) is 11.3. The fourth-order valence-corrected chi connectivity index (χ4v) is 2.57. The van der Waals surface area contributed by atoms with E-state index in [4.69, 9.17) is 5.73 Å². The number of benzene rings is 1. The van der Waals surface area contributed by atoms with Gasteiger partial charge >= 0.3 is 6.61 Å². The Morgan fingerprint density at radius 3 is 2.90 bits per heavy atom. The molecule has 1 aliphatic heterocycles. The second-order valence-electron chi connectivity index (χ2n) is 5.05. The average molecular weight is 284 g/mol. The number of likely N-dealkylation sites (tertiary alicyclic amines) is 1. The van der Waals surface area contributed by atoms with Crippen molar-refractivity contribution in [3.63, 3.8) is 0 Å². The van der Waals surface area contributed by atoms with Gasteiger partial charge in [-0.2, -0.15) is 8.78 Å². The number of rotatable bonds is 4. The molecule has 1 fully saturated rings. The van der Waals surface area contributed by atoms with Crippen molar-refractivity contribution in [2.24, 2.45) is 11.7 Å². The Balaban J connectivity index is 2.13. The maximum atomic E-state index is 12.4. The van der Waals surface area contributed by atoms with E-state index >= 15 is 0 Å². The molecule has 0 aromatic heterocycles. The molecule has 1 aliphatic rings. The molecule has 2 unspecified atom stereocenters. The average Bonchev–Trinajstić information content (AvgIpc) is 2.79. The molecule has 2 rings (SSSR count). The van der Waals surface area contributed by atoms with E-state index in [1.165, 1.54) is 18.2 Å². The highest BCUT2D eigenvalue weighted by atomic mass is 19.3. The van der Waals surface area contributed by atoms with E-state index < -0.39 is 6.61 Å². The Labute approximate surface area is 116 Å². The minimum atomic E-state index is -2.90. The summed E-state index contributed by atoms with van der Waals surface area (Å²) in [4.78, 5) is 14.1. The second kappa shape index (κ2) is 6.17. The Bertz CT molecular complexity index is 482. The number of halogens is 2. The van der Waals surface area contributed by atoms with Crippen LogP contribution in [0.25, 0.3) is 0 Å². The van der Waals surface area contributed by atoms with E-state index in [0.717, 1.165) is 6.42 Å². The molecule has 0 saturated carbocycles. The molecule has 1 amide bonds. The number of nitrogens with zero attached hydrogens (tertiary/aromatic N) is 1. The van der Waals surface area contributed by atoms with Gasteiger partial charge in [0.05, 0.1) is 0 Å². The van der Waals surface area contributed by atoms with Crippen LogP contribution in [0.4, 0.5) is 8.78 Å². The summed E-state index contributed by atoms with van der Waals surface area (Å²) in [6.45, 7) is 0.222. The summed E-state index contributed by atoms with van der Waals surface area (Å²) in [6.07, 6.45) is 0.871. The van der Waals surface area contributed by atoms with Crippen LogP contribution in [0.15, 0.2) is 24.3 Å². The van der Waals surface area contributed by atoms with E-state index in [1.54, 1.807) is 11.0 Å². The molecule has 6 heteroatoms. The first kappa shape index (κ1) is 14.7. The van der Waals surface area contributed by atoms with Gasteiger partial charge in [0.15, 0.2) is 0 Å². The summed E-state index contributed by atoms with van der Waals surface area (Å²) < 4.78 is 28.7. The van der Waals surface area contributed by atoms with E-state index in [9.17, 15) is 13.6 Å². The maximum absolute atomic E-state index is 12.4. The summed E-state index contributed by atoms with van der Waals surface area (Å²) >= 11 is 0. The standard InChI is InChI=1S/C14H18F2N2O2/c1-9-5-10(7-17)8-18(9)13(19)11-3-2-4-12(6-11)20-14(15)16/h2-4,6,9-10,14H,5,7-8,17H2,1H3. The van der Waals surface area contributed by atoms with Crippen LogP contribution in [0.2, 0.25) is 0 Å². The van der Waals surface area contributed by atoms with Crippen LogP contribution in [0, 0.1) is 5.92 Å². The number of amides is 1. The summed E-state index contributed by atoms with van der Waals surface area (Å²) in [7, 11) is 0. The highest BCUT2D eigenvalue weighted by molar-refractivity contribution is 5.95. The molecule has 0 aliphatic carbocycles. The van der Waals surface area contributed by atoms with Crippen LogP contribution in [0.1, 0.15) is 23.7 Å². The molecule has 2 atom stereocenters. The Morgan fingerprint density at radius 2 is 2.30 bits per heavy atom. The van der Waals surface area contributed by atoms with Gasteiger partial charge in [0, 0.05) is 18.2 Å². The number of hydrogen-bond acceptors (Lipinski definition) is 3. The monoisotopic (exact) mass is 284 g/mol. The molecule has 110 valence electrons. The maximum Gasteiger partial charge on any atom is 0.387 e. The van der Waals surface area contributed by atoms with Crippen LogP contribution in [-0.4, -0.2) is 36.5 Å². The molecular formula is C14H18F2N2O2. The van der Waals surface area contributed by atoms with Crippen molar-refractivity contribution in [2.45, 2.75) is 26.0 Å². The van der Waals surface area contributed by atoms with Gasteiger partial charge in [-0.25, -0.2) is 0 Å². The Kier molecular flexibility index (Phi) is 4.54. The summed E-state index contributed by atoms with van der Waals surface area (Å²) in [5, 5.41) is 0. The number of carbonyl (C=O) groups excluding carboxylic acids is 1. The first-order valence-electron chi connectivity index (χ1n) is 6.57. The quantitative estimate of drug-likeness (QED) is 0.921. The van der Waals surface area contributed by atoms with E-state index in [1.807, 2.05) is 6.92 Å².